The van der Waals surface area contributed by atoms with Crippen LogP contribution in [0, 0.1) is 23.3 Å². The molecule has 0 unspecified atom stereocenters. The first kappa shape index (κ1) is 27.1. The van der Waals surface area contributed by atoms with Crippen LogP contribution in [-0.4, -0.2) is 28.1 Å². The molecule has 0 radical (unpaired) electrons. The van der Waals surface area contributed by atoms with Crippen LogP contribution in [0.1, 0.15) is 75.4 Å². The summed E-state index contributed by atoms with van der Waals surface area (Å²) in [7, 11) is 0. The second kappa shape index (κ2) is 9.90. The van der Waals surface area contributed by atoms with Crippen LogP contribution in [0.5, 0.6) is 0 Å². The molecule has 0 amide bonds. The van der Waals surface area contributed by atoms with Gasteiger partial charge in [-0.1, -0.05) is 39.8 Å². The molecule has 1 aliphatic carbocycles. The van der Waals surface area contributed by atoms with E-state index < -0.39 is 29.0 Å². The van der Waals surface area contributed by atoms with Crippen molar-refractivity contribution in [2.45, 2.75) is 70.1 Å². The topological polar surface area (TPSA) is 28.2 Å². The number of piperidine rings is 1. The summed E-state index contributed by atoms with van der Waals surface area (Å²) in [5.41, 5.74) is 4.32. The van der Waals surface area contributed by atoms with Gasteiger partial charge >= 0.3 is 0 Å². The van der Waals surface area contributed by atoms with E-state index in [9.17, 15) is 17.6 Å². The molecule has 1 aromatic heterocycles. The van der Waals surface area contributed by atoms with Gasteiger partial charge in [0.2, 0.25) is 0 Å². The van der Waals surface area contributed by atoms with Crippen LogP contribution >= 0.6 is 23.6 Å². The summed E-state index contributed by atoms with van der Waals surface area (Å²) in [6.45, 7) is 10.3. The lowest BCUT2D eigenvalue weighted by Crippen LogP contribution is -2.40. The zero-order valence-corrected chi connectivity index (χ0v) is 23.6. The van der Waals surface area contributed by atoms with E-state index in [0.29, 0.717) is 13.1 Å². The molecule has 0 spiro atoms. The lowest BCUT2D eigenvalue weighted by atomic mass is 9.63. The van der Waals surface area contributed by atoms with E-state index in [0.717, 1.165) is 35.5 Å². The van der Waals surface area contributed by atoms with Crippen molar-refractivity contribution in [1.82, 2.24) is 9.88 Å². The Morgan fingerprint density at radius 2 is 1.55 bits per heavy atom. The van der Waals surface area contributed by atoms with E-state index in [2.05, 4.69) is 56.6 Å². The highest BCUT2D eigenvalue weighted by Gasteiger charge is 2.37. The molecule has 0 saturated carbocycles. The van der Waals surface area contributed by atoms with Crippen molar-refractivity contribution < 1.29 is 17.6 Å². The molecule has 3 nitrogen and oxygen atoms in total. The van der Waals surface area contributed by atoms with Gasteiger partial charge in [-0.15, -0.1) is 11.3 Å². The largest absolute Gasteiger partial charge is 0.349 e. The van der Waals surface area contributed by atoms with Gasteiger partial charge in [0.05, 0.1) is 10.7 Å². The molecule has 38 heavy (non-hydrogen) atoms. The average molecular weight is 562 g/mol. The van der Waals surface area contributed by atoms with Gasteiger partial charge < -0.3 is 10.2 Å². The summed E-state index contributed by atoms with van der Waals surface area (Å²) < 4.78 is 55.2. The fraction of sp³-hybridized carbons (Fsp3) is 0.448. The van der Waals surface area contributed by atoms with Crippen molar-refractivity contribution in [1.29, 1.82) is 0 Å². The summed E-state index contributed by atoms with van der Waals surface area (Å²) in [5, 5.41) is 5.56. The number of nitrogens with zero attached hydrogens (tertiary/aromatic N) is 2. The molecular formula is C29H31F4N3S2. The lowest BCUT2D eigenvalue weighted by molar-refractivity contribution is 0.316. The summed E-state index contributed by atoms with van der Waals surface area (Å²) in [4.78, 5) is 6.75. The quantitative estimate of drug-likeness (QED) is 0.198. The smallest absolute Gasteiger partial charge is 0.185 e. The van der Waals surface area contributed by atoms with Gasteiger partial charge in [0.15, 0.2) is 28.4 Å². The number of fused-ring (bicyclic) bond motifs is 1. The first-order valence-electron chi connectivity index (χ1n) is 12.9. The second-order valence-corrected chi connectivity index (χ2v) is 12.9. The molecule has 0 bridgehead atoms. The maximum atomic E-state index is 14.0. The number of benzene rings is 2. The molecule has 1 fully saturated rings. The molecule has 5 rings (SSSR count). The maximum Gasteiger partial charge on any atom is 0.185 e. The number of rotatable bonds is 3. The average Bonchev–Trinajstić information content (AvgIpc) is 3.38. The Morgan fingerprint density at radius 1 is 0.947 bits per heavy atom. The SMILES string of the molecule is CC1(C)CCC(C)(C)c2cc(-c3csc(C4CCN(C(=S)Nc5c(F)c(F)cc(F)c5F)CC4)n3)ccc21. The monoisotopic (exact) mass is 561 g/mol. The second-order valence-electron chi connectivity index (χ2n) is 11.6. The Balaban J connectivity index is 1.27. The number of thiazole rings is 1. The number of likely N-dealkylation sites (tertiary alicyclic amines) is 1. The van der Waals surface area contributed by atoms with Crippen LogP contribution in [-0.2, 0) is 10.8 Å². The molecule has 202 valence electrons. The molecular weight excluding hydrogens is 530 g/mol. The van der Waals surface area contributed by atoms with Crippen molar-refractivity contribution in [2.75, 3.05) is 18.4 Å². The summed E-state index contributed by atoms with van der Waals surface area (Å²) in [6.07, 6.45) is 3.83. The molecule has 1 aliphatic heterocycles. The number of nitrogens with one attached hydrogen (secondary N) is 1. The first-order valence-corrected chi connectivity index (χ1v) is 14.2. The Kier molecular flexibility index (Phi) is 7.05. The fourth-order valence-corrected chi connectivity index (χ4v) is 6.84. The van der Waals surface area contributed by atoms with Crippen LogP contribution in [0.25, 0.3) is 11.3 Å². The van der Waals surface area contributed by atoms with Gasteiger partial charge in [0.1, 0.15) is 5.69 Å². The summed E-state index contributed by atoms with van der Waals surface area (Å²) in [6, 6.07) is 6.95. The Hall–Kier alpha value is -2.52. The van der Waals surface area contributed by atoms with Crippen molar-refractivity contribution in [3.63, 3.8) is 0 Å². The minimum absolute atomic E-state index is 0.0330. The maximum absolute atomic E-state index is 14.0. The van der Waals surface area contributed by atoms with Crippen molar-refractivity contribution >= 4 is 34.4 Å². The standard InChI is InChI=1S/C29H31F4N3S2/c1-28(2)9-10-29(3,4)19-13-17(5-6-18(19)28)22-15-38-26(34-22)16-7-11-36(12-8-16)27(37)35-25-23(32)20(30)14-21(31)24(25)33/h5-6,13-16H,7-12H2,1-4H3,(H,35,37). The number of halogens is 4. The molecule has 0 atom stereocenters. The number of hydrogen-bond donors (Lipinski definition) is 1. The van der Waals surface area contributed by atoms with Crippen LogP contribution in [0.15, 0.2) is 29.6 Å². The number of thiocarbonyl (C=S) groups is 1. The summed E-state index contributed by atoms with van der Waals surface area (Å²) >= 11 is 6.94. The number of aromatic nitrogens is 1. The van der Waals surface area contributed by atoms with E-state index in [1.807, 2.05) is 0 Å². The van der Waals surface area contributed by atoms with E-state index in [-0.39, 0.29) is 27.9 Å². The van der Waals surface area contributed by atoms with E-state index in [1.54, 1.807) is 16.2 Å². The van der Waals surface area contributed by atoms with Crippen molar-refractivity contribution in [3.8, 4) is 11.3 Å². The van der Waals surface area contributed by atoms with Crippen molar-refractivity contribution in [2.24, 2.45) is 0 Å². The zero-order chi connectivity index (χ0) is 27.4. The molecule has 2 heterocycles. The van der Waals surface area contributed by atoms with Gasteiger partial charge in [-0.3, -0.25) is 0 Å². The molecule has 2 aromatic carbocycles. The minimum Gasteiger partial charge on any atom is -0.349 e. The normalized spacial score (nSPS) is 18.8. The summed E-state index contributed by atoms with van der Waals surface area (Å²) in [5.74, 6) is -5.70. The fourth-order valence-electron chi connectivity index (χ4n) is 5.55. The van der Waals surface area contributed by atoms with Crippen molar-refractivity contribution in [3.05, 3.63) is 69.0 Å². The third-order valence-corrected chi connectivity index (χ3v) is 9.51. The Morgan fingerprint density at radius 3 is 2.18 bits per heavy atom. The van der Waals surface area contributed by atoms with Gasteiger partial charge in [0.25, 0.3) is 0 Å². The first-order chi connectivity index (χ1) is 17.9. The third kappa shape index (κ3) is 4.95. The number of hydrogen-bond acceptors (Lipinski definition) is 3. The zero-order valence-electron chi connectivity index (χ0n) is 21.9. The van der Waals surface area contributed by atoms with Gasteiger partial charge in [-0.25, -0.2) is 22.5 Å². The third-order valence-electron chi connectivity index (χ3n) is 8.15. The molecule has 1 N–H and O–H groups in total. The predicted octanol–water partition coefficient (Wildman–Crippen LogP) is 8.29. The van der Waals surface area contributed by atoms with Crippen LogP contribution < -0.4 is 5.32 Å². The molecule has 3 aromatic rings. The van der Waals surface area contributed by atoms with Gasteiger partial charge in [0, 0.05) is 36.0 Å². The highest BCUT2D eigenvalue weighted by atomic mass is 32.1. The van der Waals surface area contributed by atoms with Crippen LogP contribution in [0.3, 0.4) is 0 Å². The molecule has 1 saturated heterocycles. The predicted molar refractivity (Wildman–Crippen MR) is 149 cm³/mol. The molecule has 2 aliphatic rings. The minimum atomic E-state index is -1.49. The van der Waals surface area contributed by atoms with Crippen LogP contribution in [0.2, 0.25) is 0 Å². The Bertz CT molecular complexity index is 1360. The lowest BCUT2D eigenvalue weighted by Gasteiger charge is -2.42. The van der Waals surface area contributed by atoms with E-state index in [4.69, 9.17) is 17.2 Å². The van der Waals surface area contributed by atoms with Gasteiger partial charge in [-0.05, 0) is 65.9 Å². The molecule has 9 heteroatoms. The highest BCUT2D eigenvalue weighted by Crippen LogP contribution is 2.47. The van der Waals surface area contributed by atoms with E-state index in [1.165, 1.54) is 17.5 Å². The van der Waals surface area contributed by atoms with E-state index >= 15 is 0 Å². The Labute approximate surface area is 230 Å². The van der Waals surface area contributed by atoms with Gasteiger partial charge in [-0.2, -0.15) is 0 Å². The highest BCUT2D eigenvalue weighted by molar-refractivity contribution is 7.80. The van der Waals surface area contributed by atoms with Crippen LogP contribution in [0.4, 0.5) is 23.2 Å². The number of anilines is 1.